The van der Waals surface area contributed by atoms with E-state index in [9.17, 15) is 9.59 Å². The van der Waals surface area contributed by atoms with Crippen molar-refractivity contribution in [1.82, 2.24) is 4.98 Å². The largest absolute Gasteiger partial charge is 0.365 e. The number of pyridine rings is 1. The summed E-state index contributed by atoms with van der Waals surface area (Å²) in [6, 6.07) is 12.7. The molecule has 36 heavy (non-hydrogen) atoms. The second kappa shape index (κ2) is 9.85. The van der Waals surface area contributed by atoms with E-state index in [1.807, 2.05) is 31.2 Å². The molecule has 2 aromatic carbocycles. The predicted octanol–water partition coefficient (Wildman–Crippen LogP) is 7.44. The maximum atomic E-state index is 13.8. The maximum Gasteiger partial charge on any atom is 0.257 e. The van der Waals surface area contributed by atoms with Gasteiger partial charge in [-0.25, -0.2) is 4.98 Å². The first-order chi connectivity index (χ1) is 17.3. The summed E-state index contributed by atoms with van der Waals surface area (Å²) in [5.74, 6) is -0.244. The van der Waals surface area contributed by atoms with E-state index in [-0.39, 0.29) is 5.91 Å². The number of carbonyl (C=O) groups excluding carboxylic acids is 2. The molecule has 2 aromatic heterocycles. The number of hydrogen-bond acceptors (Lipinski definition) is 4. The van der Waals surface area contributed by atoms with Crippen LogP contribution in [0.5, 0.6) is 0 Å². The lowest BCUT2D eigenvalue weighted by Gasteiger charge is -2.20. The first-order valence-corrected chi connectivity index (χ1v) is 13.5. The third-order valence-corrected chi connectivity index (χ3v) is 8.68. The number of para-hydroxylation sites is 1. The van der Waals surface area contributed by atoms with Crippen molar-refractivity contribution in [2.45, 2.75) is 39.5 Å². The van der Waals surface area contributed by atoms with Crippen LogP contribution in [0, 0.1) is 12.8 Å². The van der Waals surface area contributed by atoms with E-state index < -0.39 is 5.91 Å². The van der Waals surface area contributed by atoms with E-state index in [0.717, 1.165) is 36.1 Å². The first-order valence-electron chi connectivity index (χ1n) is 11.9. The number of benzene rings is 2. The van der Waals surface area contributed by atoms with Gasteiger partial charge in [0.15, 0.2) is 0 Å². The molecule has 0 fully saturated rings. The zero-order chi connectivity index (χ0) is 25.6. The lowest BCUT2D eigenvalue weighted by Crippen LogP contribution is -2.20. The number of thiophene rings is 1. The summed E-state index contributed by atoms with van der Waals surface area (Å²) in [7, 11) is 0. The fourth-order valence-corrected chi connectivity index (χ4v) is 6.92. The summed E-state index contributed by atoms with van der Waals surface area (Å²) >= 11 is 14.1. The Balaban J connectivity index is 1.63. The average Bonchev–Trinajstić information content (AvgIpc) is 3.20. The highest BCUT2D eigenvalue weighted by Crippen LogP contribution is 2.41. The molecule has 0 aliphatic heterocycles. The molecule has 5 rings (SSSR count). The van der Waals surface area contributed by atoms with E-state index >= 15 is 0 Å². The van der Waals surface area contributed by atoms with Crippen LogP contribution in [0.15, 0.2) is 42.5 Å². The molecule has 1 aliphatic rings. The van der Waals surface area contributed by atoms with Crippen LogP contribution in [-0.4, -0.2) is 16.8 Å². The second-order valence-electron chi connectivity index (χ2n) is 9.15. The van der Waals surface area contributed by atoms with Gasteiger partial charge >= 0.3 is 0 Å². The van der Waals surface area contributed by atoms with Crippen LogP contribution in [0.4, 0.5) is 5.00 Å². The van der Waals surface area contributed by atoms with Crippen molar-refractivity contribution in [2.24, 2.45) is 11.7 Å². The number of primary amides is 1. The van der Waals surface area contributed by atoms with Gasteiger partial charge in [-0.15, -0.1) is 11.3 Å². The zero-order valence-corrected chi connectivity index (χ0v) is 22.3. The fourth-order valence-electron chi connectivity index (χ4n) is 5.06. The highest BCUT2D eigenvalue weighted by Gasteiger charge is 2.29. The number of nitrogens with two attached hydrogens (primary N) is 1. The second-order valence-corrected chi connectivity index (χ2v) is 11.1. The summed E-state index contributed by atoms with van der Waals surface area (Å²) in [6.07, 6.45) is 3.81. The summed E-state index contributed by atoms with van der Waals surface area (Å²) in [6.45, 7) is 4.04. The van der Waals surface area contributed by atoms with Gasteiger partial charge in [-0.05, 0) is 67.5 Å². The van der Waals surface area contributed by atoms with Crippen molar-refractivity contribution < 1.29 is 9.59 Å². The molecule has 0 spiro atoms. The Hall–Kier alpha value is -2.93. The van der Waals surface area contributed by atoms with Gasteiger partial charge in [0.25, 0.3) is 11.8 Å². The summed E-state index contributed by atoms with van der Waals surface area (Å²) in [5.41, 5.74) is 10.3. The molecular weight excluding hydrogens is 513 g/mol. The molecule has 1 atom stereocenters. The van der Waals surface area contributed by atoms with Gasteiger partial charge in [0.1, 0.15) is 5.00 Å². The number of fused-ring (bicyclic) bond motifs is 2. The molecule has 4 aromatic rings. The van der Waals surface area contributed by atoms with Gasteiger partial charge < -0.3 is 11.1 Å². The Morgan fingerprint density at radius 1 is 1.17 bits per heavy atom. The fraction of sp³-hybridized carbons (Fsp3) is 0.250. The van der Waals surface area contributed by atoms with Gasteiger partial charge in [0.2, 0.25) is 0 Å². The SMILES string of the molecule is CC[C@@H]1CCc2c(sc(NC(=O)c3c(C)c(-c4ccc(Cl)cc4Cl)nc4ccccc34)c2C(N)=O)C1. The minimum absolute atomic E-state index is 0.314. The number of carbonyl (C=O) groups is 2. The van der Waals surface area contributed by atoms with Crippen LogP contribution in [-0.2, 0) is 12.8 Å². The Labute approximate surface area is 223 Å². The molecule has 0 saturated heterocycles. The maximum absolute atomic E-state index is 13.8. The topological polar surface area (TPSA) is 85.1 Å². The first kappa shape index (κ1) is 24.8. The molecule has 2 amide bonds. The van der Waals surface area contributed by atoms with Gasteiger partial charge in [0, 0.05) is 20.8 Å². The van der Waals surface area contributed by atoms with Crippen molar-refractivity contribution >= 4 is 62.3 Å². The number of amides is 2. The van der Waals surface area contributed by atoms with E-state index in [1.54, 1.807) is 18.2 Å². The molecule has 8 heteroatoms. The highest BCUT2D eigenvalue weighted by molar-refractivity contribution is 7.17. The van der Waals surface area contributed by atoms with Crippen LogP contribution in [0.1, 0.15) is 56.5 Å². The van der Waals surface area contributed by atoms with Crippen LogP contribution in [0.25, 0.3) is 22.2 Å². The molecule has 0 bridgehead atoms. The Morgan fingerprint density at radius 3 is 2.67 bits per heavy atom. The van der Waals surface area contributed by atoms with Gasteiger partial charge in [-0.3, -0.25) is 9.59 Å². The van der Waals surface area contributed by atoms with E-state index in [4.69, 9.17) is 33.9 Å². The Bertz CT molecular complexity index is 1530. The van der Waals surface area contributed by atoms with E-state index in [2.05, 4.69) is 12.2 Å². The molecule has 0 radical (unpaired) electrons. The zero-order valence-electron chi connectivity index (χ0n) is 20.0. The van der Waals surface area contributed by atoms with Crippen LogP contribution < -0.4 is 11.1 Å². The Morgan fingerprint density at radius 2 is 1.94 bits per heavy atom. The Kier molecular flexibility index (Phi) is 6.77. The molecule has 0 saturated carbocycles. The summed E-state index contributed by atoms with van der Waals surface area (Å²) < 4.78 is 0. The smallest absolute Gasteiger partial charge is 0.257 e. The minimum Gasteiger partial charge on any atom is -0.365 e. The van der Waals surface area contributed by atoms with Gasteiger partial charge in [-0.1, -0.05) is 54.7 Å². The quantitative estimate of drug-likeness (QED) is 0.277. The minimum atomic E-state index is -0.511. The van der Waals surface area contributed by atoms with Crippen molar-refractivity contribution in [3.05, 3.63) is 79.6 Å². The monoisotopic (exact) mass is 537 g/mol. The summed E-state index contributed by atoms with van der Waals surface area (Å²) in [4.78, 5) is 32.3. The number of halogens is 2. The van der Waals surface area contributed by atoms with Crippen molar-refractivity contribution in [3.63, 3.8) is 0 Å². The standard InChI is InChI=1S/C28H25Cl2N3O2S/c1-3-15-8-10-19-22(12-15)36-28(24(19)26(31)34)33-27(35)23-14(2)25(17-11-9-16(29)13-20(17)30)32-21-7-5-4-6-18(21)23/h4-7,9,11,13,15H,3,8,10,12H2,1-2H3,(H2,31,34)(H,33,35)/t15-/m1/s1. The molecule has 5 nitrogen and oxygen atoms in total. The molecule has 184 valence electrons. The number of hydrogen-bond donors (Lipinski definition) is 2. The average molecular weight is 539 g/mol. The van der Waals surface area contributed by atoms with Gasteiger partial charge in [-0.2, -0.15) is 0 Å². The number of aromatic nitrogens is 1. The number of rotatable bonds is 5. The lowest BCUT2D eigenvalue weighted by molar-refractivity contribution is 0.1000. The van der Waals surface area contributed by atoms with Crippen LogP contribution in [0.2, 0.25) is 10.0 Å². The predicted molar refractivity (Wildman–Crippen MR) is 149 cm³/mol. The van der Waals surface area contributed by atoms with Crippen LogP contribution >= 0.6 is 34.5 Å². The van der Waals surface area contributed by atoms with Crippen molar-refractivity contribution in [1.29, 1.82) is 0 Å². The number of anilines is 1. The van der Waals surface area contributed by atoms with E-state index in [1.165, 1.54) is 11.3 Å². The summed E-state index contributed by atoms with van der Waals surface area (Å²) in [5, 5.41) is 5.23. The molecular formula is C28H25Cl2N3O2S. The molecule has 0 unspecified atom stereocenters. The van der Waals surface area contributed by atoms with Crippen molar-refractivity contribution in [2.75, 3.05) is 5.32 Å². The third kappa shape index (κ3) is 4.38. The number of nitrogens with one attached hydrogen (secondary N) is 1. The molecule has 3 N–H and O–H groups in total. The van der Waals surface area contributed by atoms with E-state index in [0.29, 0.717) is 59.8 Å². The van der Waals surface area contributed by atoms with Crippen molar-refractivity contribution in [3.8, 4) is 11.3 Å². The van der Waals surface area contributed by atoms with Gasteiger partial charge in [0.05, 0.1) is 27.4 Å². The highest BCUT2D eigenvalue weighted by atomic mass is 35.5. The lowest BCUT2D eigenvalue weighted by atomic mass is 9.85. The molecule has 2 heterocycles. The normalized spacial score (nSPS) is 15.1. The number of nitrogens with zero attached hydrogens (tertiary/aromatic N) is 1. The molecule has 1 aliphatic carbocycles. The van der Waals surface area contributed by atoms with Crippen LogP contribution in [0.3, 0.4) is 0 Å². The third-order valence-electron chi connectivity index (χ3n) is 6.97.